The van der Waals surface area contributed by atoms with Gasteiger partial charge in [0.15, 0.2) is 5.76 Å². The lowest BCUT2D eigenvalue weighted by molar-refractivity contribution is -0.113. The first-order valence-electron chi connectivity index (χ1n) is 6.66. The quantitative estimate of drug-likeness (QED) is 0.540. The van der Waals surface area contributed by atoms with E-state index in [0.717, 1.165) is 30.0 Å². The molecule has 24 heavy (non-hydrogen) atoms. The van der Waals surface area contributed by atoms with Crippen molar-refractivity contribution in [2.24, 2.45) is 0 Å². The molecule has 7 nitrogen and oxygen atoms in total. The number of nitrogens with one attached hydrogen (secondary N) is 1. The number of benzene rings is 1. The molecule has 0 atom stereocenters. The number of nitrogens with zero attached hydrogens (tertiary/aromatic N) is 3. The molecule has 0 bridgehead atoms. The van der Waals surface area contributed by atoms with Crippen LogP contribution in [0.3, 0.4) is 0 Å². The summed E-state index contributed by atoms with van der Waals surface area (Å²) < 4.78 is 32.5. The molecule has 3 rings (SSSR count). The van der Waals surface area contributed by atoms with Gasteiger partial charge in [-0.05, 0) is 24.3 Å². The first-order chi connectivity index (χ1) is 11.5. The Morgan fingerprint density at radius 3 is 2.71 bits per heavy atom. The Morgan fingerprint density at radius 2 is 2.04 bits per heavy atom. The Kier molecular flexibility index (Phi) is 4.47. The molecular formula is C14H11F2N5O2S. The van der Waals surface area contributed by atoms with Gasteiger partial charge in [-0.2, -0.15) is 0 Å². The predicted molar refractivity (Wildman–Crippen MR) is 83.6 cm³/mol. The summed E-state index contributed by atoms with van der Waals surface area (Å²) in [7, 11) is 0. The maximum atomic E-state index is 13.1. The van der Waals surface area contributed by atoms with Crippen LogP contribution in [0.2, 0.25) is 0 Å². The number of nitrogen functional groups attached to an aromatic ring is 1. The highest BCUT2D eigenvalue weighted by atomic mass is 32.2. The van der Waals surface area contributed by atoms with Crippen molar-refractivity contribution in [3.8, 4) is 11.6 Å². The Bertz CT molecular complexity index is 846. The van der Waals surface area contributed by atoms with Crippen molar-refractivity contribution in [1.29, 1.82) is 0 Å². The summed E-state index contributed by atoms with van der Waals surface area (Å²) >= 11 is 1.02. The minimum Gasteiger partial charge on any atom is -0.461 e. The summed E-state index contributed by atoms with van der Waals surface area (Å²) in [5.74, 6) is 4.53. The van der Waals surface area contributed by atoms with Crippen LogP contribution in [-0.4, -0.2) is 26.5 Å². The van der Waals surface area contributed by atoms with Crippen molar-refractivity contribution in [2.75, 3.05) is 16.9 Å². The van der Waals surface area contributed by atoms with Gasteiger partial charge < -0.3 is 15.6 Å². The molecule has 0 aliphatic rings. The number of hydrogen-bond acceptors (Lipinski definition) is 6. The molecule has 2 heterocycles. The molecule has 0 unspecified atom stereocenters. The summed E-state index contributed by atoms with van der Waals surface area (Å²) in [6, 6.07) is 6.12. The number of nitrogens with two attached hydrogens (primary N) is 1. The van der Waals surface area contributed by atoms with E-state index in [9.17, 15) is 13.6 Å². The van der Waals surface area contributed by atoms with E-state index in [1.807, 2.05) is 0 Å². The highest BCUT2D eigenvalue weighted by Crippen LogP contribution is 2.22. The first kappa shape index (κ1) is 16.0. The number of halogens is 2. The maximum Gasteiger partial charge on any atom is 0.234 e. The van der Waals surface area contributed by atoms with E-state index >= 15 is 0 Å². The second kappa shape index (κ2) is 6.71. The lowest BCUT2D eigenvalue weighted by Gasteiger charge is -2.05. The minimum absolute atomic E-state index is 0.0311. The molecule has 1 aromatic carbocycles. The number of carbonyl (C=O) groups excluding carboxylic acids is 1. The van der Waals surface area contributed by atoms with Gasteiger partial charge in [0.1, 0.15) is 11.6 Å². The van der Waals surface area contributed by atoms with Crippen LogP contribution in [0.4, 0.5) is 14.5 Å². The Balaban J connectivity index is 1.62. The summed E-state index contributed by atoms with van der Waals surface area (Å²) in [6.45, 7) is 0. The SMILES string of the molecule is Nn1c(SCC(=O)Nc2cc(F)cc(F)c2)nnc1-c1ccco1. The first-order valence-corrected chi connectivity index (χ1v) is 7.64. The normalized spacial score (nSPS) is 10.8. The van der Waals surface area contributed by atoms with Crippen molar-refractivity contribution in [1.82, 2.24) is 14.9 Å². The van der Waals surface area contributed by atoms with Crippen molar-refractivity contribution >= 4 is 23.4 Å². The van der Waals surface area contributed by atoms with E-state index in [4.69, 9.17) is 10.3 Å². The van der Waals surface area contributed by atoms with Gasteiger partial charge in [-0.15, -0.1) is 10.2 Å². The summed E-state index contributed by atoms with van der Waals surface area (Å²) in [4.78, 5) is 11.9. The lowest BCUT2D eigenvalue weighted by Crippen LogP contribution is -2.16. The fraction of sp³-hybridized carbons (Fsp3) is 0.0714. The van der Waals surface area contributed by atoms with Crippen LogP contribution >= 0.6 is 11.8 Å². The lowest BCUT2D eigenvalue weighted by atomic mass is 10.3. The van der Waals surface area contributed by atoms with Crippen LogP contribution in [0.5, 0.6) is 0 Å². The van der Waals surface area contributed by atoms with Gasteiger partial charge in [-0.3, -0.25) is 4.79 Å². The van der Waals surface area contributed by atoms with E-state index in [0.29, 0.717) is 16.7 Å². The number of aromatic nitrogens is 3. The molecule has 0 saturated heterocycles. The molecule has 10 heteroatoms. The maximum absolute atomic E-state index is 13.1. The Labute approximate surface area is 138 Å². The zero-order valence-corrected chi connectivity index (χ0v) is 12.9. The van der Waals surface area contributed by atoms with Gasteiger partial charge in [0.05, 0.1) is 12.0 Å². The van der Waals surface area contributed by atoms with Crippen LogP contribution in [0, 0.1) is 11.6 Å². The number of furan rings is 1. The average molecular weight is 351 g/mol. The van der Waals surface area contributed by atoms with E-state index in [2.05, 4.69) is 15.5 Å². The van der Waals surface area contributed by atoms with Crippen molar-refractivity contribution in [3.63, 3.8) is 0 Å². The fourth-order valence-corrected chi connectivity index (χ4v) is 2.56. The third kappa shape index (κ3) is 3.54. The van der Waals surface area contributed by atoms with Crippen molar-refractivity contribution in [3.05, 3.63) is 48.2 Å². The molecule has 0 aliphatic heterocycles. The second-order valence-electron chi connectivity index (χ2n) is 4.65. The summed E-state index contributed by atoms with van der Waals surface area (Å²) in [5.41, 5.74) is 0.0311. The van der Waals surface area contributed by atoms with Crippen LogP contribution in [0.1, 0.15) is 0 Å². The van der Waals surface area contributed by atoms with Crippen LogP contribution < -0.4 is 11.2 Å². The molecule has 0 saturated carbocycles. The van der Waals surface area contributed by atoms with Crippen molar-refractivity contribution in [2.45, 2.75) is 5.16 Å². The molecule has 124 valence electrons. The molecular weight excluding hydrogens is 340 g/mol. The van der Waals surface area contributed by atoms with E-state index in [1.165, 1.54) is 10.9 Å². The van der Waals surface area contributed by atoms with Gasteiger partial charge in [-0.25, -0.2) is 13.5 Å². The van der Waals surface area contributed by atoms with Crippen molar-refractivity contribution < 1.29 is 18.0 Å². The number of anilines is 1. The monoisotopic (exact) mass is 351 g/mol. The molecule has 0 spiro atoms. The fourth-order valence-electron chi connectivity index (χ4n) is 1.90. The largest absolute Gasteiger partial charge is 0.461 e. The molecule has 3 N–H and O–H groups in total. The third-order valence-corrected chi connectivity index (χ3v) is 3.83. The minimum atomic E-state index is -0.775. The highest BCUT2D eigenvalue weighted by Gasteiger charge is 2.15. The third-order valence-electron chi connectivity index (χ3n) is 2.88. The predicted octanol–water partition coefficient (Wildman–Crippen LogP) is 2.26. The summed E-state index contributed by atoms with van der Waals surface area (Å²) in [5, 5.41) is 10.4. The number of carbonyl (C=O) groups is 1. The van der Waals surface area contributed by atoms with Gasteiger partial charge >= 0.3 is 0 Å². The molecule has 1 amide bonds. The zero-order chi connectivity index (χ0) is 17.1. The smallest absolute Gasteiger partial charge is 0.234 e. The van der Waals surface area contributed by atoms with Gasteiger partial charge in [-0.1, -0.05) is 11.8 Å². The van der Waals surface area contributed by atoms with Crippen LogP contribution in [-0.2, 0) is 4.79 Å². The number of amides is 1. The van der Waals surface area contributed by atoms with Gasteiger partial charge in [0.25, 0.3) is 0 Å². The van der Waals surface area contributed by atoms with E-state index in [-0.39, 0.29) is 11.4 Å². The number of rotatable bonds is 5. The standard InChI is InChI=1S/C14H11F2N5O2S/c15-8-4-9(16)6-10(5-8)18-12(22)7-24-14-20-19-13(21(14)17)11-2-1-3-23-11/h1-6H,7,17H2,(H,18,22). The van der Waals surface area contributed by atoms with Crippen LogP contribution in [0.25, 0.3) is 11.6 Å². The molecule has 0 aliphatic carbocycles. The van der Waals surface area contributed by atoms with Gasteiger partial charge in [0, 0.05) is 11.8 Å². The highest BCUT2D eigenvalue weighted by molar-refractivity contribution is 7.99. The molecule has 0 radical (unpaired) electrons. The average Bonchev–Trinajstić information content (AvgIpc) is 3.13. The summed E-state index contributed by atoms with van der Waals surface area (Å²) in [6.07, 6.45) is 1.47. The van der Waals surface area contributed by atoms with Gasteiger partial charge in [0.2, 0.25) is 16.9 Å². The zero-order valence-electron chi connectivity index (χ0n) is 12.1. The van der Waals surface area contributed by atoms with E-state index < -0.39 is 17.5 Å². The number of hydrogen-bond donors (Lipinski definition) is 2. The topological polar surface area (TPSA) is 99.0 Å². The Morgan fingerprint density at radius 1 is 1.29 bits per heavy atom. The second-order valence-corrected chi connectivity index (χ2v) is 5.59. The number of thioether (sulfide) groups is 1. The Hall–Kier alpha value is -2.88. The molecule has 3 aromatic rings. The molecule has 0 fully saturated rings. The van der Waals surface area contributed by atoms with Crippen LogP contribution in [0.15, 0.2) is 46.2 Å². The van der Waals surface area contributed by atoms with E-state index in [1.54, 1.807) is 12.1 Å². The molecule has 2 aromatic heterocycles.